The van der Waals surface area contributed by atoms with Crippen molar-refractivity contribution in [3.8, 4) is 5.88 Å². The van der Waals surface area contributed by atoms with E-state index < -0.39 is 0 Å². The Hall–Kier alpha value is -3.15. The Morgan fingerprint density at radius 1 is 1.07 bits per heavy atom. The number of urea groups is 1. The number of hydrogen-bond acceptors (Lipinski definition) is 4. The SMILES string of the molecule is Cc1ccc(NC(=O)N2CCC(Oc3cnc4ccccc4n3)CC2)cc1C. The van der Waals surface area contributed by atoms with Crippen LogP contribution in [0.1, 0.15) is 24.0 Å². The zero-order valence-electron chi connectivity index (χ0n) is 16.2. The Labute approximate surface area is 164 Å². The number of hydrogen-bond donors (Lipinski definition) is 1. The molecule has 0 bridgehead atoms. The monoisotopic (exact) mass is 376 g/mol. The van der Waals surface area contributed by atoms with E-state index in [9.17, 15) is 4.79 Å². The van der Waals surface area contributed by atoms with Crippen LogP contribution in [0, 0.1) is 13.8 Å². The van der Waals surface area contributed by atoms with Crippen molar-refractivity contribution in [3.63, 3.8) is 0 Å². The maximum atomic E-state index is 12.5. The number of fused-ring (bicyclic) bond motifs is 1. The molecule has 2 aromatic carbocycles. The normalized spacial score (nSPS) is 14.9. The zero-order chi connectivity index (χ0) is 19.5. The standard InChI is InChI=1S/C22H24N4O2/c1-15-7-8-17(13-16(15)2)24-22(27)26-11-9-18(10-12-26)28-21-14-23-19-5-3-4-6-20(19)25-21/h3-8,13-14,18H,9-12H2,1-2H3,(H,24,27). The molecule has 144 valence electrons. The second-order valence-electron chi connectivity index (χ2n) is 7.23. The third-order valence-electron chi connectivity index (χ3n) is 5.20. The quantitative estimate of drug-likeness (QED) is 0.739. The van der Waals surface area contributed by atoms with Crippen molar-refractivity contribution in [3.05, 3.63) is 59.8 Å². The molecule has 2 heterocycles. The predicted molar refractivity (Wildman–Crippen MR) is 110 cm³/mol. The number of ether oxygens (including phenoxy) is 1. The highest BCUT2D eigenvalue weighted by Crippen LogP contribution is 2.20. The largest absolute Gasteiger partial charge is 0.473 e. The van der Waals surface area contributed by atoms with E-state index in [1.54, 1.807) is 6.20 Å². The number of aromatic nitrogens is 2. The second-order valence-corrected chi connectivity index (χ2v) is 7.23. The highest BCUT2D eigenvalue weighted by Gasteiger charge is 2.24. The van der Waals surface area contributed by atoms with E-state index in [0.29, 0.717) is 19.0 Å². The van der Waals surface area contributed by atoms with Gasteiger partial charge in [0.2, 0.25) is 5.88 Å². The number of amides is 2. The van der Waals surface area contributed by atoms with Gasteiger partial charge in [-0.15, -0.1) is 0 Å². The Morgan fingerprint density at radius 3 is 2.57 bits per heavy atom. The van der Waals surface area contributed by atoms with Crippen molar-refractivity contribution in [2.24, 2.45) is 0 Å². The number of benzene rings is 2. The number of carbonyl (C=O) groups is 1. The number of anilines is 1. The number of likely N-dealkylation sites (tertiary alicyclic amines) is 1. The molecular weight excluding hydrogens is 352 g/mol. The van der Waals surface area contributed by atoms with E-state index in [-0.39, 0.29) is 12.1 Å². The molecule has 0 spiro atoms. The lowest BCUT2D eigenvalue weighted by atomic mass is 10.1. The second kappa shape index (κ2) is 7.84. The summed E-state index contributed by atoms with van der Waals surface area (Å²) < 4.78 is 6.01. The summed E-state index contributed by atoms with van der Waals surface area (Å²) >= 11 is 0. The molecule has 28 heavy (non-hydrogen) atoms. The fourth-order valence-corrected chi connectivity index (χ4v) is 3.37. The summed E-state index contributed by atoms with van der Waals surface area (Å²) in [6.07, 6.45) is 3.26. The number of rotatable bonds is 3. The summed E-state index contributed by atoms with van der Waals surface area (Å²) in [4.78, 5) is 23.3. The van der Waals surface area contributed by atoms with Crippen LogP contribution in [0.15, 0.2) is 48.7 Å². The van der Waals surface area contributed by atoms with Gasteiger partial charge in [-0.3, -0.25) is 0 Å². The maximum absolute atomic E-state index is 12.5. The molecule has 1 saturated heterocycles. The van der Waals surface area contributed by atoms with Crippen LogP contribution in [0.25, 0.3) is 11.0 Å². The lowest BCUT2D eigenvalue weighted by Gasteiger charge is -2.32. The Morgan fingerprint density at radius 2 is 1.82 bits per heavy atom. The van der Waals surface area contributed by atoms with Crippen molar-refractivity contribution >= 4 is 22.8 Å². The summed E-state index contributed by atoms with van der Waals surface area (Å²) in [6.45, 7) is 5.42. The predicted octanol–water partition coefficient (Wildman–Crippen LogP) is 4.32. The minimum atomic E-state index is -0.0628. The molecule has 6 heteroatoms. The average Bonchev–Trinajstić information content (AvgIpc) is 2.71. The minimum absolute atomic E-state index is 0.0427. The van der Waals surface area contributed by atoms with Crippen LogP contribution in [0.5, 0.6) is 5.88 Å². The molecule has 0 aliphatic carbocycles. The maximum Gasteiger partial charge on any atom is 0.321 e. The van der Waals surface area contributed by atoms with Gasteiger partial charge in [0.25, 0.3) is 0 Å². The van der Waals surface area contributed by atoms with E-state index in [1.807, 2.05) is 54.3 Å². The number of nitrogens with one attached hydrogen (secondary N) is 1. The van der Waals surface area contributed by atoms with Gasteiger partial charge in [-0.2, -0.15) is 0 Å². The van der Waals surface area contributed by atoms with Gasteiger partial charge < -0.3 is 15.0 Å². The van der Waals surface area contributed by atoms with Crippen LogP contribution < -0.4 is 10.1 Å². The Bertz CT molecular complexity index is 997. The van der Waals surface area contributed by atoms with Crippen molar-refractivity contribution < 1.29 is 9.53 Å². The third-order valence-corrected chi connectivity index (χ3v) is 5.20. The van der Waals surface area contributed by atoms with E-state index >= 15 is 0 Å². The van der Waals surface area contributed by atoms with Crippen LogP contribution in [0.4, 0.5) is 10.5 Å². The van der Waals surface area contributed by atoms with Crippen molar-refractivity contribution in [1.82, 2.24) is 14.9 Å². The summed E-state index contributed by atoms with van der Waals surface area (Å²) in [6, 6.07) is 13.6. The molecule has 1 aromatic heterocycles. The van der Waals surface area contributed by atoms with E-state index in [0.717, 1.165) is 29.6 Å². The molecule has 0 saturated carbocycles. The van der Waals surface area contributed by atoms with Gasteiger partial charge in [-0.05, 0) is 49.2 Å². The summed E-state index contributed by atoms with van der Waals surface area (Å²) in [5.74, 6) is 0.539. The molecule has 1 aliphatic heterocycles. The van der Waals surface area contributed by atoms with Crippen molar-refractivity contribution in [1.29, 1.82) is 0 Å². The van der Waals surface area contributed by atoms with E-state index in [1.165, 1.54) is 11.1 Å². The van der Waals surface area contributed by atoms with Gasteiger partial charge in [-0.25, -0.2) is 14.8 Å². The third kappa shape index (κ3) is 4.06. The molecule has 1 aliphatic rings. The number of carbonyl (C=O) groups excluding carboxylic acids is 1. The Balaban J connectivity index is 1.32. The number of aryl methyl sites for hydroxylation is 2. The lowest BCUT2D eigenvalue weighted by molar-refractivity contribution is 0.111. The summed E-state index contributed by atoms with van der Waals surface area (Å²) in [7, 11) is 0. The van der Waals surface area contributed by atoms with Crippen LogP contribution in [0.2, 0.25) is 0 Å². The van der Waals surface area contributed by atoms with E-state index in [4.69, 9.17) is 4.74 Å². The molecule has 2 amide bonds. The highest BCUT2D eigenvalue weighted by atomic mass is 16.5. The topological polar surface area (TPSA) is 67.4 Å². The molecular formula is C22H24N4O2. The highest BCUT2D eigenvalue weighted by molar-refractivity contribution is 5.89. The number of nitrogens with zero attached hydrogens (tertiary/aromatic N) is 3. The van der Waals surface area contributed by atoms with E-state index in [2.05, 4.69) is 22.2 Å². The summed E-state index contributed by atoms with van der Waals surface area (Å²) in [5, 5.41) is 2.99. The zero-order valence-corrected chi connectivity index (χ0v) is 16.2. The summed E-state index contributed by atoms with van der Waals surface area (Å²) in [5.41, 5.74) is 4.89. The first-order chi connectivity index (χ1) is 13.6. The molecule has 6 nitrogen and oxygen atoms in total. The van der Waals surface area contributed by atoms with Crippen LogP contribution in [0.3, 0.4) is 0 Å². The van der Waals surface area contributed by atoms with Gasteiger partial charge in [0, 0.05) is 31.6 Å². The molecule has 1 N–H and O–H groups in total. The van der Waals surface area contributed by atoms with Gasteiger partial charge in [0.1, 0.15) is 6.10 Å². The first-order valence-electron chi connectivity index (χ1n) is 9.60. The van der Waals surface area contributed by atoms with Crippen molar-refractivity contribution in [2.45, 2.75) is 32.8 Å². The van der Waals surface area contributed by atoms with Gasteiger partial charge in [-0.1, -0.05) is 18.2 Å². The van der Waals surface area contributed by atoms with Crippen molar-refractivity contribution in [2.75, 3.05) is 18.4 Å². The van der Waals surface area contributed by atoms with Crippen LogP contribution >= 0.6 is 0 Å². The fourth-order valence-electron chi connectivity index (χ4n) is 3.37. The molecule has 0 atom stereocenters. The van der Waals surface area contributed by atoms with Gasteiger partial charge in [0.15, 0.2) is 0 Å². The molecule has 0 radical (unpaired) electrons. The van der Waals surface area contributed by atoms with Gasteiger partial charge in [0.05, 0.1) is 17.2 Å². The molecule has 1 fully saturated rings. The smallest absolute Gasteiger partial charge is 0.321 e. The van der Waals surface area contributed by atoms with Crippen LogP contribution in [-0.4, -0.2) is 40.1 Å². The first kappa shape index (κ1) is 18.2. The minimum Gasteiger partial charge on any atom is -0.473 e. The lowest BCUT2D eigenvalue weighted by Crippen LogP contribution is -2.43. The number of para-hydroxylation sites is 2. The average molecular weight is 376 g/mol. The molecule has 3 aromatic rings. The van der Waals surface area contributed by atoms with Crippen LogP contribution in [-0.2, 0) is 0 Å². The number of piperidine rings is 1. The van der Waals surface area contributed by atoms with Gasteiger partial charge >= 0.3 is 6.03 Å². The first-order valence-corrected chi connectivity index (χ1v) is 9.60. The molecule has 0 unspecified atom stereocenters. The molecule has 4 rings (SSSR count). The fraction of sp³-hybridized carbons (Fsp3) is 0.318. The Kier molecular flexibility index (Phi) is 5.10.